The van der Waals surface area contributed by atoms with Crippen molar-refractivity contribution in [3.8, 4) is 5.75 Å². The van der Waals surface area contributed by atoms with Crippen LogP contribution >= 0.6 is 11.3 Å². The summed E-state index contributed by atoms with van der Waals surface area (Å²) in [6, 6.07) is 17.6. The van der Waals surface area contributed by atoms with Crippen LogP contribution in [0.25, 0.3) is 6.08 Å². The molecule has 0 radical (unpaired) electrons. The molecule has 0 fully saturated rings. The van der Waals surface area contributed by atoms with Gasteiger partial charge in [0.15, 0.2) is 0 Å². The van der Waals surface area contributed by atoms with Gasteiger partial charge in [-0.25, -0.2) is 4.98 Å². The minimum absolute atomic E-state index is 0.110. The molecule has 5 heteroatoms. The molecule has 27 heavy (non-hydrogen) atoms. The van der Waals surface area contributed by atoms with Crippen molar-refractivity contribution in [1.82, 2.24) is 10.3 Å². The van der Waals surface area contributed by atoms with Crippen LogP contribution in [0.1, 0.15) is 34.8 Å². The number of carbonyl (C=O) groups excluding carboxylic acids is 1. The van der Waals surface area contributed by atoms with E-state index in [2.05, 4.69) is 10.3 Å². The van der Waals surface area contributed by atoms with E-state index in [0.29, 0.717) is 6.61 Å². The summed E-state index contributed by atoms with van der Waals surface area (Å²) >= 11 is 1.58. The van der Waals surface area contributed by atoms with Gasteiger partial charge in [-0.3, -0.25) is 4.79 Å². The number of thiazole rings is 1. The second-order valence-electron chi connectivity index (χ2n) is 6.20. The van der Waals surface area contributed by atoms with Crippen LogP contribution in [0.3, 0.4) is 0 Å². The quantitative estimate of drug-likeness (QED) is 0.594. The van der Waals surface area contributed by atoms with Crippen LogP contribution in [0.15, 0.2) is 66.1 Å². The zero-order valence-electron chi connectivity index (χ0n) is 15.4. The maximum Gasteiger partial charge on any atom is 0.244 e. The lowest BCUT2D eigenvalue weighted by Gasteiger charge is -2.09. The van der Waals surface area contributed by atoms with E-state index in [9.17, 15) is 4.79 Å². The molecule has 0 saturated carbocycles. The number of carbonyl (C=O) groups is 1. The van der Waals surface area contributed by atoms with E-state index in [1.54, 1.807) is 17.4 Å². The summed E-state index contributed by atoms with van der Waals surface area (Å²) in [6.07, 6.45) is 3.32. The molecule has 0 aliphatic rings. The summed E-state index contributed by atoms with van der Waals surface area (Å²) in [5.41, 5.74) is 2.95. The Bertz CT molecular complexity index is 902. The fraction of sp³-hybridized carbons (Fsp3) is 0.182. The SMILES string of the molecule is Cc1nc(C(C)NC(=O)/C=C/c2ccc(OCc3ccccc3)cc2)cs1. The molecule has 4 nitrogen and oxygen atoms in total. The van der Waals surface area contributed by atoms with Gasteiger partial charge < -0.3 is 10.1 Å². The zero-order valence-corrected chi connectivity index (χ0v) is 16.2. The summed E-state index contributed by atoms with van der Waals surface area (Å²) in [6.45, 7) is 4.42. The Labute approximate surface area is 163 Å². The molecule has 1 amide bonds. The van der Waals surface area contributed by atoms with E-state index in [1.165, 1.54) is 6.08 Å². The van der Waals surface area contributed by atoms with Crippen LogP contribution in [0.4, 0.5) is 0 Å². The van der Waals surface area contributed by atoms with Crippen molar-refractivity contribution < 1.29 is 9.53 Å². The molecule has 1 aromatic heterocycles. The summed E-state index contributed by atoms with van der Waals surface area (Å²) in [5.74, 6) is 0.658. The second kappa shape index (κ2) is 9.14. The number of rotatable bonds is 7. The highest BCUT2D eigenvalue weighted by Gasteiger charge is 2.10. The number of aromatic nitrogens is 1. The van der Waals surface area contributed by atoms with Crippen LogP contribution in [0, 0.1) is 6.92 Å². The first kappa shape index (κ1) is 18.9. The van der Waals surface area contributed by atoms with Crippen molar-refractivity contribution in [3.05, 3.63) is 87.9 Å². The average Bonchev–Trinajstić information content (AvgIpc) is 3.13. The normalized spacial score (nSPS) is 12.1. The monoisotopic (exact) mass is 378 g/mol. The molecular weight excluding hydrogens is 356 g/mol. The number of amides is 1. The number of nitrogens with zero attached hydrogens (tertiary/aromatic N) is 1. The number of aryl methyl sites for hydroxylation is 1. The van der Waals surface area contributed by atoms with Gasteiger partial charge in [-0.2, -0.15) is 0 Å². The van der Waals surface area contributed by atoms with Crippen LogP contribution in [0.5, 0.6) is 5.75 Å². The highest BCUT2D eigenvalue weighted by atomic mass is 32.1. The number of hydrogen-bond acceptors (Lipinski definition) is 4. The van der Waals surface area contributed by atoms with Crippen molar-refractivity contribution in [2.24, 2.45) is 0 Å². The number of nitrogens with one attached hydrogen (secondary N) is 1. The maximum absolute atomic E-state index is 12.1. The lowest BCUT2D eigenvalue weighted by molar-refractivity contribution is -0.117. The number of benzene rings is 2. The van der Waals surface area contributed by atoms with Crippen LogP contribution in [0.2, 0.25) is 0 Å². The fourth-order valence-corrected chi connectivity index (χ4v) is 3.21. The summed E-state index contributed by atoms with van der Waals surface area (Å²) < 4.78 is 5.77. The van der Waals surface area contributed by atoms with Crippen LogP contribution in [-0.2, 0) is 11.4 Å². The van der Waals surface area contributed by atoms with Crippen molar-refractivity contribution in [3.63, 3.8) is 0 Å². The third kappa shape index (κ3) is 5.79. The molecule has 0 aliphatic carbocycles. The molecule has 3 aromatic rings. The van der Waals surface area contributed by atoms with Gasteiger partial charge in [0.05, 0.1) is 16.7 Å². The Morgan fingerprint density at radius 3 is 2.59 bits per heavy atom. The predicted molar refractivity (Wildman–Crippen MR) is 110 cm³/mol. The van der Waals surface area contributed by atoms with Crippen molar-refractivity contribution in [2.45, 2.75) is 26.5 Å². The van der Waals surface area contributed by atoms with Crippen molar-refractivity contribution >= 4 is 23.3 Å². The lowest BCUT2D eigenvalue weighted by atomic mass is 10.2. The van der Waals surface area contributed by atoms with Gasteiger partial charge in [0, 0.05) is 11.5 Å². The summed E-state index contributed by atoms with van der Waals surface area (Å²) in [4.78, 5) is 16.5. The Morgan fingerprint density at radius 1 is 1.19 bits per heavy atom. The topological polar surface area (TPSA) is 51.2 Å². The van der Waals surface area contributed by atoms with Gasteiger partial charge in [-0.1, -0.05) is 42.5 Å². The van der Waals surface area contributed by atoms with Crippen LogP contribution in [-0.4, -0.2) is 10.9 Å². The van der Waals surface area contributed by atoms with Gasteiger partial charge >= 0.3 is 0 Å². The largest absolute Gasteiger partial charge is 0.489 e. The molecule has 0 saturated heterocycles. The zero-order chi connectivity index (χ0) is 19.1. The summed E-state index contributed by atoms with van der Waals surface area (Å²) in [7, 11) is 0. The standard InChI is InChI=1S/C22H22N2O2S/c1-16(21-15-27-17(2)24-21)23-22(25)13-10-18-8-11-20(12-9-18)26-14-19-6-4-3-5-7-19/h3-13,15-16H,14H2,1-2H3,(H,23,25)/b13-10+. The molecular formula is C22H22N2O2S. The first-order valence-corrected chi connectivity index (χ1v) is 9.65. The number of hydrogen-bond donors (Lipinski definition) is 1. The molecule has 0 aliphatic heterocycles. The maximum atomic E-state index is 12.1. The van der Waals surface area contributed by atoms with Gasteiger partial charge in [0.1, 0.15) is 12.4 Å². The third-order valence-electron chi connectivity index (χ3n) is 3.99. The lowest BCUT2D eigenvalue weighted by Crippen LogP contribution is -2.24. The Kier molecular flexibility index (Phi) is 6.39. The molecule has 138 valence electrons. The van der Waals surface area contributed by atoms with E-state index < -0.39 is 0 Å². The second-order valence-corrected chi connectivity index (χ2v) is 7.26. The molecule has 1 atom stereocenters. The van der Waals surface area contributed by atoms with Gasteiger partial charge in [-0.15, -0.1) is 11.3 Å². The van der Waals surface area contributed by atoms with Crippen LogP contribution < -0.4 is 10.1 Å². The van der Waals surface area contributed by atoms with E-state index in [4.69, 9.17) is 4.74 Å². The molecule has 3 rings (SSSR count). The van der Waals surface area contributed by atoms with Gasteiger partial charge in [-0.05, 0) is 43.2 Å². The first-order valence-electron chi connectivity index (χ1n) is 8.77. The highest BCUT2D eigenvalue weighted by Crippen LogP contribution is 2.17. The first-order chi connectivity index (χ1) is 13.1. The van der Waals surface area contributed by atoms with Gasteiger partial charge in [0.2, 0.25) is 5.91 Å². The smallest absolute Gasteiger partial charge is 0.244 e. The third-order valence-corrected chi connectivity index (χ3v) is 4.79. The Hall–Kier alpha value is -2.92. The van der Waals surface area contributed by atoms with Crippen molar-refractivity contribution in [1.29, 1.82) is 0 Å². The molecule has 1 N–H and O–H groups in total. The predicted octanol–water partition coefficient (Wildman–Crippen LogP) is 4.92. The molecule has 0 spiro atoms. The minimum atomic E-state index is -0.141. The summed E-state index contributed by atoms with van der Waals surface area (Å²) in [5, 5.41) is 5.89. The van der Waals surface area contributed by atoms with E-state index in [0.717, 1.165) is 27.6 Å². The van der Waals surface area contributed by atoms with Crippen molar-refractivity contribution in [2.75, 3.05) is 0 Å². The highest BCUT2D eigenvalue weighted by molar-refractivity contribution is 7.09. The van der Waals surface area contributed by atoms with E-state index >= 15 is 0 Å². The average molecular weight is 378 g/mol. The minimum Gasteiger partial charge on any atom is -0.489 e. The molecule has 0 bridgehead atoms. The van der Waals surface area contributed by atoms with E-state index in [-0.39, 0.29) is 11.9 Å². The van der Waals surface area contributed by atoms with E-state index in [1.807, 2.05) is 73.8 Å². The Morgan fingerprint density at radius 2 is 1.93 bits per heavy atom. The number of ether oxygens (including phenoxy) is 1. The molecule has 1 unspecified atom stereocenters. The Balaban J connectivity index is 1.50. The molecule has 1 heterocycles. The van der Waals surface area contributed by atoms with Gasteiger partial charge in [0.25, 0.3) is 0 Å². The fourth-order valence-electron chi connectivity index (χ4n) is 2.50. The molecule has 2 aromatic carbocycles.